The lowest BCUT2D eigenvalue weighted by Crippen LogP contribution is -2.52. The maximum Gasteiger partial charge on any atom is 0.0944 e. The van der Waals surface area contributed by atoms with Gasteiger partial charge in [0, 0.05) is 14.2 Å². The van der Waals surface area contributed by atoms with Crippen LogP contribution in [0.1, 0.15) is 66.7 Å². The molecule has 1 aliphatic carbocycles. The van der Waals surface area contributed by atoms with Crippen molar-refractivity contribution in [1.29, 1.82) is 0 Å². The zero-order valence-electron chi connectivity index (χ0n) is 13.4. The van der Waals surface area contributed by atoms with Gasteiger partial charge in [0.2, 0.25) is 0 Å². The van der Waals surface area contributed by atoms with Crippen LogP contribution in [0.25, 0.3) is 0 Å². The zero-order chi connectivity index (χ0) is 14.0. The topological polar surface area (TPSA) is 18.5 Å². The van der Waals surface area contributed by atoms with Crippen molar-refractivity contribution in [3.8, 4) is 0 Å². The molecule has 1 unspecified atom stereocenters. The van der Waals surface area contributed by atoms with Gasteiger partial charge >= 0.3 is 0 Å². The number of ether oxygens (including phenoxy) is 2. The van der Waals surface area contributed by atoms with Crippen LogP contribution in [0, 0.1) is 10.8 Å². The molecule has 0 bridgehead atoms. The normalized spacial score (nSPS) is 22.2. The summed E-state index contributed by atoms with van der Waals surface area (Å²) in [7, 11) is 3.69. The molecule has 0 N–H and O–H groups in total. The summed E-state index contributed by atoms with van der Waals surface area (Å²) in [4.78, 5) is 0. The summed E-state index contributed by atoms with van der Waals surface area (Å²) >= 11 is 0. The fraction of sp³-hybridized carbons (Fsp3) is 1.00. The van der Waals surface area contributed by atoms with Gasteiger partial charge in [0.15, 0.2) is 0 Å². The Hall–Kier alpha value is -0.0800. The molecule has 0 radical (unpaired) electrons. The largest absolute Gasteiger partial charge is 0.378 e. The number of hydrogen-bond acceptors (Lipinski definition) is 2. The van der Waals surface area contributed by atoms with Crippen LogP contribution < -0.4 is 0 Å². The lowest BCUT2D eigenvalue weighted by atomic mass is 9.68. The summed E-state index contributed by atoms with van der Waals surface area (Å²) < 4.78 is 11.8. The maximum absolute atomic E-state index is 5.93. The van der Waals surface area contributed by atoms with Gasteiger partial charge in [-0.25, -0.2) is 0 Å². The van der Waals surface area contributed by atoms with Crippen molar-refractivity contribution in [2.75, 3.05) is 14.2 Å². The number of methoxy groups -OCH3 is 2. The van der Waals surface area contributed by atoms with Gasteiger partial charge in [-0.1, -0.05) is 47.5 Å². The van der Waals surface area contributed by atoms with Gasteiger partial charge in [-0.15, -0.1) is 0 Å². The molecule has 2 heteroatoms. The third kappa shape index (κ3) is 3.48. The van der Waals surface area contributed by atoms with Gasteiger partial charge < -0.3 is 9.47 Å². The van der Waals surface area contributed by atoms with E-state index >= 15 is 0 Å². The molecule has 0 aromatic rings. The first-order valence-corrected chi connectivity index (χ1v) is 7.25. The van der Waals surface area contributed by atoms with Gasteiger partial charge in [0.05, 0.1) is 11.7 Å². The summed E-state index contributed by atoms with van der Waals surface area (Å²) in [6, 6.07) is 0. The van der Waals surface area contributed by atoms with Crippen molar-refractivity contribution in [1.82, 2.24) is 0 Å². The molecule has 0 spiro atoms. The van der Waals surface area contributed by atoms with Crippen molar-refractivity contribution in [3.63, 3.8) is 0 Å². The molecule has 0 aliphatic heterocycles. The SMILES string of the molecule is COC(C(C)(C)CC(C)(C)C)C1(OC)CCCC1. The maximum atomic E-state index is 5.93. The molecule has 1 aliphatic rings. The van der Waals surface area contributed by atoms with Crippen molar-refractivity contribution in [2.45, 2.75) is 78.4 Å². The van der Waals surface area contributed by atoms with E-state index in [1.54, 1.807) is 0 Å². The van der Waals surface area contributed by atoms with Gasteiger partial charge in [0.25, 0.3) is 0 Å². The monoisotopic (exact) mass is 256 g/mol. The highest BCUT2D eigenvalue weighted by molar-refractivity contribution is 5.00. The highest BCUT2D eigenvalue weighted by Crippen LogP contribution is 2.47. The highest BCUT2D eigenvalue weighted by Gasteiger charge is 2.49. The second kappa shape index (κ2) is 5.50. The predicted molar refractivity (Wildman–Crippen MR) is 76.9 cm³/mol. The lowest BCUT2D eigenvalue weighted by molar-refractivity contribution is -0.162. The molecule has 108 valence electrons. The third-order valence-electron chi connectivity index (χ3n) is 4.27. The molecule has 1 atom stereocenters. The quantitative estimate of drug-likeness (QED) is 0.725. The molecule has 0 saturated heterocycles. The third-order valence-corrected chi connectivity index (χ3v) is 4.27. The molecule has 0 aromatic carbocycles. The molecule has 1 fully saturated rings. The molecule has 0 heterocycles. The van der Waals surface area contributed by atoms with E-state index in [9.17, 15) is 0 Å². The molecule has 0 amide bonds. The summed E-state index contributed by atoms with van der Waals surface area (Å²) in [5.41, 5.74) is 0.380. The summed E-state index contributed by atoms with van der Waals surface area (Å²) in [5, 5.41) is 0. The molecule has 1 saturated carbocycles. The summed E-state index contributed by atoms with van der Waals surface area (Å²) in [6.45, 7) is 11.6. The molecule has 1 rings (SSSR count). The molecule has 2 nitrogen and oxygen atoms in total. The predicted octanol–water partition coefficient (Wildman–Crippen LogP) is 4.42. The van der Waals surface area contributed by atoms with Gasteiger partial charge in [-0.05, 0) is 30.1 Å². The van der Waals surface area contributed by atoms with Gasteiger partial charge in [-0.2, -0.15) is 0 Å². The molecular weight excluding hydrogens is 224 g/mol. The van der Waals surface area contributed by atoms with E-state index in [2.05, 4.69) is 34.6 Å². The molecular formula is C16H32O2. The van der Waals surface area contributed by atoms with Crippen molar-refractivity contribution >= 4 is 0 Å². The Morgan fingerprint density at radius 1 is 1.00 bits per heavy atom. The lowest BCUT2D eigenvalue weighted by Gasteiger charge is -2.46. The van der Waals surface area contributed by atoms with E-state index in [4.69, 9.17) is 9.47 Å². The van der Waals surface area contributed by atoms with E-state index in [1.807, 2.05) is 14.2 Å². The van der Waals surface area contributed by atoms with Crippen molar-refractivity contribution < 1.29 is 9.47 Å². The van der Waals surface area contributed by atoms with Crippen LogP contribution in [0.2, 0.25) is 0 Å². The second-order valence-corrected chi connectivity index (χ2v) is 7.82. The fourth-order valence-corrected chi connectivity index (χ4v) is 4.25. The van der Waals surface area contributed by atoms with Crippen LogP contribution >= 0.6 is 0 Å². The van der Waals surface area contributed by atoms with Crippen LogP contribution in [0.4, 0.5) is 0 Å². The Labute approximate surface area is 113 Å². The highest BCUT2D eigenvalue weighted by atomic mass is 16.5. The first-order chi connectivity index (χ1) is 8.17. The fourth-order valence-electron chi connectivity index (χ4n) is 4.25. The zero-order valence-corrected chi connectivity index (χ0v) is 13.4. The molecule has 0 aromatic heterocycles. The second-order valence-electron chi connectivity index (χ2n) is 7.82. The molecule has 18 heavy (non-hydrogen) atoms. The minimum absolute atomic E-state index is 0.0660. The van der Waals surface area contributed by atoms with Crippen LogP contribution in [0.3, 0.4) is 0 Å². The average molecular weight is 256 g/mol. The Bertz CT molecular complexity index is 257. The first kappa shape index (κ1) is 16.0. The van der Waals surface area contributed by atoms with Crippen molar-refractivity contribution in [2.24, 2.45) is 10.8 Å². The van der Waals surface area contributed by atoms with Gasteiger partial charge in [-0.3, -0.25) is 0 Å². The van der Waals surface area contributed by atoms with E-state index < -0.39 is 0 Å². The summed E-state index contributed by atoms with van der Waals surface area (Å²) in [6.07, 6.45) is 6.12. The minimum Gasteiger partial charge on any atom is -0.378 e. The Balaban J connectivity index is 2.93. The van der Waals surface area contributed by atoms with Crippen LogP contribution in [0.5, 0.6) is 0 Å². The van der Waals surface area contributed by atoms with E-state index in [0.29, 0.717) is 5.41 Å². The Kier molecular flexibility index (Phi) is 4.88. The van der Waals surface area contributed by atoms with E-state index in [-0.39, 0.29) is 17.1 Å². The van der Waals surface area contributed by atoms with E-state index in [0.717, 1.165) is 19.3 Å². The van der Waals surface area contributed by atoms with Gasteiger partial charge in [0.1, 0.15) is 0 Å². The van der Waals surface area contributed by atoms with Crippen LogP contribution in [-0.4, -0.2) is 25.9 Å². The smallest absolute Gasteiger partial charge is 0.0944 e. The summed E-state index contributed by atoms with van der Waals surface area (Å²) in [5.74, 6) is 0. The number of hydrogen-bond donors (Lipinski definition) is 0. The Morgan fingerprint density at radius 3 is 1.83 bits per heavy atom. The van der Waals surface area contributed by atoms with Crippen molar-refractivity contribution in [3.05, 3.63) is 0 Å². The number of rotatable bonds is 5. The minimum atomic E-state index is -0.0660. The van der Waals surface area contributed by atoms with Crippen LogP contribution in [0.15, 0.2) is 0 Å². The average Bonchev–Trinajstić information content (AvgIpc) is 2.64. The Morgan fingerprint density at radius 2 is 1.50 bits per heavy atom. The first-order valence-electron chi connectivity index (χ1n) is 7.25. The standard InChI is InChI=1S/C16H32O2/c1-14(2,3)12-15(4,5)13(17-6)16(18-7)10-8-9-11-16/h13H,8-12H2,1-7H3. The van der Waals surface area contributed by atoms with E-state index in [1.165, 1.54) is 12.8 Å². The van der Waals surface area contributed by atoms with Crippen LogP contribution in [-0.2, 0) is 9.47 Å².